The lowest BCUT2D eigenvalue weighted by molar-refractivity contribution is 0.0600. The Balaban J connectivity index is 1.51. The van der Waals surface area contributed by atoms with Crippen LogP contribution in [0.3, 0.4) is 0 Å². The smallest absolute Gasteiger partial charge is 0.337 e. The number of ether oxygens (including phenoxy) is 2. The van der Waals surface area contributed by atoms with Crippen molar-refractivity contribution in [1.82, 2.24) is 15.2 Å². The zero-order valence-corrected chi connectivity index (χ0v) is 20.4. The van der Waals surface area contributed by atoms with Gasteiger partial charge in [-0.1, -0.05) is 12.1 Å². The number of halogens is 1. The Morgan fingerprint density at radius 2 is 1.83 bits per heavy atom. The second kappa shape index (κ2) is 10.6. The number of benzene rings is 2. The van der Waals surface area contributed by atoms with Crippen LogP contribution in [0.4, 0.5) is 9.18 Å². The highest BCUT2D eigenvalue weighted by Gasteiger charge is 2.23. The molecule has 0 bridgehead atoms. The van der Waals surface area contributed by atoms with Gasteiger partial charge in [0, 0.05) is 30.4 Å². The van der Waals surface area contributed by atoms with Crippen LogP contribution in [0.25, 0.3) is 5.69 Å². The van der Waals surface area contributed by atoms with Gasteiger partial charge in [0.25, 0.3) is 5.56 Å². The highest BCUT2D eigenvalue weighted by atomic mass is 19.1. The Kier molecular flexibility index (Phi) is 7.38. The monoisotopic (exact) mass is 493 g/mol. The molecule has 2 aromatic carbocycles. The third-order valence-corrected chi connectivity index (χ3v) is 5.98. The summed E-state index contributed by atoms with van der Waals surface area (Å²) in [6, 6.07) is 12.3. The molecule has 0 spiro atoms. The first-order valence-electron chi connectivity index (χ1n) is 11.6. The van der Waals surface area contributed by atoms with Crippen molar-refractivity contribution in [3.8, 4) is 11.4 Å². The van der Waals surface area contributed by atoms with Gasteiger partial charge in [-0.05, 0) is 67.6 Å². The first kappa shape index (κ1) is 25.0. The van der Waals surface area contributed by atoms with Gasteiger partial charge >= 0.3 is 12.0 Å². The van der Waals surface area contributed by atoms with E-state index in [2.05, 4.69) is 10.6 Å². The minimum absolute atomic E-state index is 0.0846. The maximum atomic E-state index is 13.9. The van der Waals surface area contributed by atoms with Crippen LogP contribution in [0.2, 0.25) is 0 Å². The van der Waals surface area contributed by atoms with E-state index in [4.69, 9.17) is 9.47 Å². The molecule has 0 aliphatic heterocycles. The quantitative estimate of drug-likeness (QED) is 0.464. The van der Waals surface area contributed by atoms with Gasteiger partial charge in [-0.3, -0.25) is 9.36 Å². The van der Waals surface area contributed by atoms with E-state index in [-0.39, 0.29) is 30.8 Å². The van der Waals surface area contributed by atoms with Gasteiger partial charge in [-0.2, -0.15) is 0 Å². The summed E-state index contributed by atoms with van der Waals surface area (Å²) in [5.74, 6) is -0.553. The van der Waals surface area contributed by atoms with Gasteiger partial charge in [0.15, 0.2) is 0 Å². The highest BCUT2D eigenvalue weighted by molar-refractivity contribution is 5.90. The van der Waals surface area contributed by atoms with Crippen LogP contribution >= 0.6 is 0 Å². The molecule has 188 valence electrons. The number of nitrogens with zero attached hydrogens (tertiary/aromatic N) is 1. The molecule has 1 aliphatic rings. The van der Waals surface area contributed by atoms with Crippen LogP contribution in [0.5, 0.6) is 5.75 Å². The van der Waals surface area contributed by atoms with Gasteiger partial charge in [-0.25, -0.2) is 14.0 Å². The molecule has 36 heavy (non-hydrogen) atoms. The topological polar surface area (TPSA) is 98.7 Å². The van der Waals surface area contributed by atoms with Crippen molar-refractivity contribution >= 4 is 12.0 Å². The molecule has 1 aromatic heterocycles. The van der Waals surface area contributed by atoms with E-state index in [0.717, 1.165) is 18.4 Å². The molecule has 2 N–H and O–H groups in total. The number of urea groups is 1. The van der Waals surface area contributed by atoms with Gasteiger partial charge in [-0.15, -0.1) is 0 Å². The number of carbonyl (C=O) groups excluding carboxylic acids is 2. The second-order valence-electron chi connectivity index (χ2n) is 8.80. The van der Waals surface area contributed by atoms with Crippen LogP contribution in [-0.4, -0.2) is 29.7 Å². The van der Waals surface area contributed by atoms with Gasteiger partial charge < -0.3 is 20.1 Å². The van der Waals surface area contributed by atoms with E-state index in [1.165, 1.54) is 29.9 Å². The minimum atomic E-state index is -0.489. The van der Waals surface area contributed by atoms with Crippen LogP contribution in [0.1, 0.15) is 45.6 Å². The minimum Gasteiger partial charge on any atom is -0.489 e. The van der Waals surface area contributed by atoms with Crippen molar-refractivity contribution in [3.05, 3.63) is 92.6 Å². The largest absolute Gasteiger partial charge is 0.489 e. The predicted octanol–water partition coefficient (Wildman–Crippen LogP) is 3.92. The molecule has 1 fully saturated rings. The standard InChI is InChI=1S/C27H28FN3O5/c1-16-4-5-18(26(33)35-3)12-24(16)31-17(2)10-23(13-25(31)32)36-15-19-6-7-21(28)11-20(19)14-29-27(34)30-22-8-9-22/h4-7,10-13,22H,8-9,14-15H2,1-3H3,(H2,29,30,34). The fourth-order valence-electron chi connectivity index (χ4n) is 3.86. The summed E-state index contributed by atoms with van der Waals surface area (Å²) in [4.78, 5) is 36.9. The summed E-state index contributed by atoms with van der Waals surface area (Å²) in [6.07, 6.45) is 1.95. The second-order valence-corrected chi connectivity index (χ2v) is 8.80. The number of amides is 2. The van der Waals surface area contributed by atoms with E-state index in [9.17, 15) is 18.8 Å². The number of methoxy groups -OCH3 is 1. The molecule has 1 aliphatic carbocycles. The zero-order chi connectivity index (χ0) is 25.8. The summed E-state index contributed by atoms with van der Waals surface area (Å²) in [6.45, 7) is 3.85. The Morgan fingerprint density at radius 3 is 2.53 bits per heavy atom. The number of aromatic nitrogens is 1. The normalized spacial score (nSPS) is 12.7. The van der Waals surface area contributed by atoms with Crippen LogP contribution < -0.4 is 20.9 Å². The van der Waals surface area contributed by atoms with Crippen LogP contribution in [-0.2, 0) is 17.9 Å². The lowest BCUT2D eigenvalue weighted by atomic mass is 10.1. The number of rotatable bonds is 8. The summed E-state index contributed by atoms with van der Waals surface area (Å²) in [5.41, 5.74) is 3.29. The molecular weight excluding hydrogens is 465 g/mol. The fourth-order valence-corrected chi connectivity index (χ4v) is 3.86. The average Bonchev–Trinajstić information content (AvgIpc) is 3.66. The number of nitrogens with one attached hydrogen (secondary N) is 2. The van der Waals surface area contributed by atoms with E-state index >= 15 is 0 Å². The maximum absolute atomic E-state index is 13.9. The Hall–Kier alpha value is -4.14. The van der Waals surface area contributed by atoms with Gasteiger partial charge in [0.2, 0.25) is 0 Å². The van der Waals surface area contributed by atoms with Crippen LogP contribution in [0.15, 0.2) is 53.3 Å². The number of aryl methyl sites for hydroxylation is 2. The number of pyridine rings is 1. The number of esters is 1. The molecule has 2 amide bonds. The van der Waals surface area contributed by atoms with E-state index < -0.39 is 11.8 Å². The number of carbonyl (C=O) groups is 2. The van der Waals surface area contributed by atoms with Crippen LogP contribution in [0, 0.1) is 19.7 Å². The summed E-state index contributed by atoms with van der Waals surface area (Å²) < 4.78 is 26.0. The molecule has 0 unspecified atom stereocenters. The molecule has 9 heteroatoms. The third kappa shape index (κ3) is 5.91. The molecule has 1 heterocycles. The van der Waals surface area contributed by atoms with E-state index in [1.807, 2.05) is 6.92 Å². The molecule has 0 radical (unpaired) electrons. The summed E-state index contributed by atoms with van der Waals surface area (Å²) in [5, 5.41) is 5.57. The lowest BCUT2D eigenvalue weighted by Gasteiger charge is -2.16. The molecule has 0 atom stereocenters. The van der Waals surface area contributed by atoms with E-state index in [0.29, 0.717) is 33.8 Å². The van der Waals surface area contributed by atoms with Crippen molar-refractivity contribution in [2.45, 2.75) is 45.9 Å². The average molecular weight is 494 g/mol. The first-order valence-corrected chi connectivity index (χ1v) is 11.6. The van der Waals surface area contributed by atoms with Crippen molar-refractivity contribution in [1.29, 1.82) is 0 Å². The van der Waals surface area contributed by atoms with E-state index in [1.54, 1.807) is 37.3 Å². The Morgan fingerprint density at radius 1 is 1.06 bits per heavy atom. The third-order valence-electron chi connectivity index (χ3n) is 5.98. The molecule has 1 saturated carbocycles. The molecule has 3 aromatic rings. The van der Waals surface area contributed by atoms with Crippen molar-refractivity contribution in [2.24, 2.45) is 0 Å². The molecule has 4 rings (SSSR count). The van der Waals surface area contributed by atoms with Crippen molar-refractivity contribution < 1.29 is 23.5 Å². The fraction of sp³-hybridized carbons (Fsp3) is 0.296. The van der Waals surface area contributed by atoms with Crippen molar-refractivity contribution in [3.63, 3.8) is 0 Å². The Labute approximate surface area is 208 Å². The highest BCUT2D eigenvalue weighted by Crippen LogP contribution is 2.21. The van der Waals surface area contributed by atoms with Crippen molar-refractivity contribution in [2.75, 3.05) is 7.11 Å². The van der Waals surface area contributed by atoms with Gasteiger partial charge in [0.1, 0.15) is 18.2 Å². The number of hydrogen-bond donors (Lipinski definition) is 2. The van der Waals surface area contributed by atoms with Gasteiger partial charge in [0.05, 0.1) is 18.4 Å². The SMILES string of the molecule is COC(=O)c1ccc(C)c(-n2c(C)cc(OCc3ccc(F)cc3CNC(=O)NC3CC3)cc2=O)c1. The first-order chi connectivity index (χ1) is 17.2. The Bertz CT molecular complexity index is 1360. The molecule has 8 nitrogen and oxygen atoms in total. The maximum Gasteiger partial charge on any atom is 0.337 e. The summed E-state index contributed by atoms with van der Waals surface area (Å²) in [7, 11) is 1.30. The predicted molar refractivity (Wildman–Crippen MR) is 132 cm³/mol. The number of hydrogen-bond acceptors (Lipinski definition) is 5. The zero-order valence-electron chi connectivity index (χ0n) is 20.4. The summed E-state index contributed by atoms with van der Waals surface area (Å²) >= 11 is 0. The lowest BCUT2D eigenvalue weighted by Crippen LogP contribution is -2.36. The molecular formula is C27H28FN3O5. The molecule has 0 saturated heterocycles.